The van der Waals surface area contributed by atoms with E-state index in [0.717, 1.165) is 16.7 Å². The van der Waals surface area contributed by atoms with E-state index in [1.165, 1.54) is 11.1 Å². The van der Waals surface area contributed by atoms with Gasteiger partial charge >= 0.3 is 0 Å². The molecule has 0 fully saturated rings. The molecule has 0 saturated carbocycles. The Kier molecular flexibility index (Phi) is 1.40. The second kappa shape index (κ2) is 2.58. The maximum Gasteiger partial charge on any atom is -0.00987 e. The van der Waals surface area contributed by atoms with Crippen LogP contribution in [0.3, 0.4) is 0 Å². The normalized spacial score (nSPS) is 12.4. The summed E-state index contributed by atoms with van der Waals surface area (Å²) in [6.45, 7) is 6.07. The summed E-state index contributed by atoms with van der Waals surface area (Å²) in [6.07, 6.45) is 0. The molecule has 0 atom stereocenters. The van der Waals surface area contributed by atoms with Gasteiger partial charge in [0.15, 0.2) is 0 Å². The van der Waals surface area contributed by atoms with E-state index >= 15 is 0 Å². The van der Waals surface area contributed by atoms with Crippen LogP contribution in [0.5, 0.6) is 0 Å². The van der Waals surface area contributed by atoms with Crippen LogP contribution in [0.15, 0.2) is 48.5 Å². The van der Waals surface area contributed by atoms with E-state index in [0.29, 0.717) is 0 Å². The molecular weight excluding hydrogens is 168 g/mol. The Bertz CT molecular complexity index is 474. The van der Waals surface area contributed by atoms with Crippen LogP contribution in [0.25, 0.3) is 16.7 Å². The van der Waals surface area contributed by atoms with Crippen molar-refractivity contribution in [3.05, 3.63) is 66.2 Å². The summed E-state index contributed by atoms with van der Waals surface area (Å²) >= 11 is 0. The van der Waals surface area contributed by atoms with Crippen LogP contribution in [0.1, 0.15) is 11.1 Å². The van der Waals surface area contributed by atoms with Gasteiger partial charge in [-0.15, -0.1) is 0 Å². The molecule has 0 N–H and O–H groups in total. The number of rotatable bonds is 0. The van der Waals surface area contributed by atoms with Gasteiger partial charge < -0.3 is 0 Å². The first-order valence-electron chi connectivity index (χ1n) is 4.69. The maximum absolute atomic E-state index is 6.07. The maximum atomic E-state index is 6.07. The van der Waals surface area contributed by atoms with Crippen LogP contribution < -0.4 is 0 Å². The zero-order chi connectivity index (χ0) is 9.54. The molecule has 0 amide bonds. The van der Waals surface area contributed by atoms with Crippen LogP contribution in [0, 0.1) is 6.58 Å². The fraction of sp³-hybridized carbons (Fsp3) is 0. The number of fused-ring (bicyclic) bond motifs is 3. The molecule has 0 saturated heterocycles. The first-order valence-corrected chi connectivity index (χ1v) is 4.69. The third kappa shape index (κ3) is 0.828. The average Bonchev–Trinajstić information content (AvgIpc) is 2.55. The lowest BCUT2D eigenvalue weighted by atomic mass is 10.1. The molecular formula is C14H9. The molecule has 1 aliphatic rings. The topological polar surface area (TPSA) is 0 Å². The van der Waals surface area contributed by atoms with Crippen molar-refractivity contribution in [2.45, 2.75) is 0 Å². The number of hydrogen-bond acceptors (Lipinski definition) is 0. The second-order valence-electron chi connectivity index (χ2n) is 3.50. The Labute approximate surface area is 83.5 Å². The van der Waals surface area contributed by atoms with Crippen molar-refractivity contribution < 1.29 is 0 Å². The predicted molar refractivity (Wildman–Crippen MR) is 58.7 cm³/mol. The molecule has 65 valence electrons. The van der Waals surface area contributed by atoms with E-state index in [1.807, 2.05) is 24.3 Å². The van der Waals surface area contributed by atoms with Crippen molar-refractivity contribution in [2.24, 2.45) is 0 Å². The minimum atomic E-state index is 0.899. The second-order valence-corrected chi connectivity index (χ2v) is 3.50. The molecule has 0 nitrogen and oxygen atoms in total. The molecule has 2 aromatic rings. The minimum Gasteiger partial charge on any atom is -0.0616 e. The molecule has 0 spiro atoms. The Hall–Kier alpha value is -1.82. The molecule has 2 aromatic carbocycles. The summed E-state index contributed by atoms with van der Waals surface area (Å²) in [5.74, 6) is 0. The Morgan fingerprint density at radius 2 is 0.929 bits per heavy atom. The average molecular weight is 177 g/mol. The lowest BCUT2D eigenvalue weighted by molar-refractivity contribution is 1.65. The largest absolute Gasteiger partial charge is 0.0616 e. The van der Waals surface area contributed by atoms with Crippen molar-refractivity contribution >= 4 is 5.57 Å². The van der Waals surface area contributed by atoms with E-state index in [4.69, 9.17) is 6.58 Å². The van der Waals surface area contributed by atoms with Crippen molar-refractivity contribution in [2.75, 3.05) is 0 Å². The van der Waals surface area contributed by atoms with Gasteiger partial charge in [0.05, 0.1) is 0 Å². The first-order chi connectivity index (χ1) is 6.88. The molecule has 0 heteroatoms. The van der Waals surface area contributed by atoms with E-state index in [9.17, 15) is 0 Å². The fourth-order valence-electron chi connectivity index (χ4n) is 2.05. The third-order valence-electron chi connectivity index (χ3n) is 2.72. The SMILES string of the molecule is [CH]=C1c2ccccc2-c2ccccc21. The van der Waals surface area contributed by atoms with Gasteiger partial charge in [0.25, 0.3) is 0 Å². The molecule has 0 bridgehead atoms. The van der Waals surface area contributed by atoms with E-state index in [2.05, 4.69) is 24.3 Å². The molecule has 0 aromatic heterocycles. The predicted octanol–water partition coefficient (Wildman–Crippen LogP) is 3.53. The van der Waals surface area contributed by atoms with Crippen molar-refractivity contribution in [3.8, 4) is 11.1 Å². The summed E-state index contributed by atoms with van der Waals surface area (Å²) in [5, 5.41) is 0. The van der Waals surface area contributed by atoms with Gasteiger partial charge in [-0.05, 0) is 27.8 Å². The lowest BCUT2D eigenvalue weighted by Crippen LogP contribution is -1.76. The van der Waals surface area contributed by atoms with Crippen LogP contribution in [0.2, 0.25) is 0 Å². The molecule has 0 aliphatic heterocycles. The van der Waals surface area contributed by atoms with Crippen molar-refractivity contribution in [1.82, 2.24) is 0 Å². The van der Waals surface area contributed by atoms with E-state index in [1.54, 1.807) is 0 Å². The van der Waals surface area contributed by atoms with Gasteiger partial charge in [0.2, 0.25) is 0 Å². The number of hydrogen-bond donors (Lipinski definition) is 0. The van der Waals surface area contributed by atoms with Gasteiger partial charge in [0.1, 0.15) is 0 Å². The standard InChI is InChI=1S/C14H9/c1-10-11-6-2-4-8-13(11)14-9-5-3-7-12(10)14/h1-9H. The highest BCUT2D eigenvalue weighted by Gasteiger charge is 2.20. The van der Waals surface area contributed by atoms with Gasteiger partial charge in [-0.1, -0.05) is 55.1 Å². The molecule has 0 heterocycles. The summed E-state index contributed by atoms with van der Waals surface area (Å²) in [6, 6.07) is 16.5. The molecule has 0 unspecified atom stereocenters. The summed E-state index contributed by atoms with van der Waals surface area (Å²) in [5.41, 5.74) is 5.72. The van der Waals surface area contributed by atoms with Crippen molar-refractivity contribution in [1.29, 1.82) is 0 Å². The molecule has 3 rings (SSSR count). The van der Waals surface area contributed by atoms with E-state index < -0.39 is 0 Å². The Morgan fingerprint density at radius 1 is 0.571 bits per heavy atom. The third-order valence-corrected chi connectivity index (χ3v) is 2.72. The highest BCUT2D eigenvalue weighted by atomic mass is 14.2. The summed E-state index contributed by atoms with van der Waals surface area (Å²) in [4.78, 5) is 0. The van der Waals surface area contributed by atoms with Gasteiger partial charge in [-0.3, -0.25) is 0 Å². The monoisotopic (exact) mass is 177 g/mol. The highest BCUT2D eigenvalue weighted by molar-refractivity contribution is 5.99. The zero-order valence-corrected chi connectivity index (χ0v) is 7.70. The lowest BCUT2D eigenvalue weighted by Gasteiger charge is -1.97. The Balaban J connectivity index is 2.42. The fourth-order valence-corrected chi connectivity index (χ4v) is 2.05. The summed E-state index contributed by atoms with van der Waals surface area (Å²) < 4.78 is 0. The van der Waals surface area contributed by atoms with E-state index in [-0.39, 0.29) is 0 Å². The quantitative estimate of drug-likeness (QED) is 0.492. The van der Waals surface area contributed by atoms with Crippen LogP contribution >= 0.6 is 0 Å². The van der Waals surface area contributed by atoms with Gasteiger partial charge in [-0.25, -0.2) is 0 Å². The zero-order valence-electron chi connectivity index (χ0n) is 7.70. The van der Waals surface area contributed by atoms with Crippen LogP contribution in [-0.2, 0) is 0 Å². The smallest absolute Gasteiger partial charge is 0.00987 e. The van der Waals surface area contributed by atoms with Crippen molar-refractivity contribution in [3.63, 3.8) is 0 Å². The summed E-state index contributed by atoms with van der Waals surface area (Å²) in [7, 11) is 0. The molecule has 1 aliphatic carbocycles. The molecule has 1 radical (unpaired) electrons. The molecule has 14 heavy (non-hydrogen) atoms. The van der Waals surface area contributed by atoms with Crippen LogP contribution in [0.4, 0.5) is 0 Å². The highest BCUT2D eigenvalue weighted by Crippen LogP contribution is 2.42. The minimum absolute atomic E-state index is 0.899. The Morgan fingerprint density at radius 3 is 1.36 bits per heavy atom. The first kappa shape index (κ1) is 7.57. The van der Waals surface area contributed by atoms with Gasteiger partial charge in [-0.2, -0.15) is 0 Å². The van der Waals surface area contributed by atoms with Gasteiger partial charge in [0, 0.05) is 0 Å². The number of benzene rings is 2. The van der Waals surface area contributed by atoms with Crippen LogP contribution in [-0.4, -0.2) is 0 Å².